The molecule has 0 amide bonds. The van der Waals surface area contributed by atoms with E-state index in [0.29, 0.717) is 18.3 Å². The summed E-state index contributed by atoms with van der Waals surface area (Å²) in [7, 11) is 0. The van der Waals surface area contributed by atoms with E-state index in [1.54, 1.807) is 6.26 Å². The maximum Gasteiger partial charge on any atom is 0.261 e. The third-order valence-corrected chi connectivity index (χ3v) is 2.16. The molecule has 2 N–H and O–H groups in total. The van der Waals surface area contributed by atoms with Gasteiger partial charge < -0.3 is 14.7 Å². The molecule has 2 rings (SSSR count). The number of hydrogen-bond acceptors (Lipinski definition) is 5. The normalized spacial score (nSPS) is 10.8. The number of nitrogens with zero attached hydrogens (tertiary/aromatic N) is 2. The van der Waals surface area contributed by atoms with Crippen molar-refractivity contribution in [3.8, 4) is 11.5 Å². The predicted octanol–water partition coefficient (Wildman–Crippen LogP) is 1.53. The Morgan fingerprint density at radius 1 is 1.47 bits per heavy atom. The molecule has 0 radical (unpaired) electrons. The van der Waals surface area contributed by atoms with Crippen LogP contribution in [0.2, 0.25) is 0 Å². The second-order valence-electron chi connectivity index (χ2n) is 3.30. The highest BCUT2D eigenvalue weighted by Crippen LogP contribution is 2.22. The van der Waals surface area contributed by atoms with Gasteiger partial charge in [-0.1, -0.05) is 5.16 Å². The van der Waals surface area contributed by atoms with Crippen LogP contribution in [0.5, 0.6) is 0 Å². The van der Waals surface area contributed by atoms with Crippen molar-refractivity contribution in [3.63, 3.8) is 0 Å². The first-order valence-corrected chi connectivity index (χ1v) is 4.88. The van der Waals surface area contributed by atoms with Crippen molar-refractivity contribution in [1.29, 1.82) is 0 Å². The fourth-order valence-electron chi connectivity index (χ4n) is 1.33. The molecule has 0 aromatic carbocycles. The van der Waals surface area contributed by atoms with Crippen LogP contribution in [0.1, 0.15) is 18.0 Å². The molecule has 0 bridgehead atoms. The molecule has 0 aliphatic carbocycles. The van der Waals surface area contributed by atoms with Crippen LogP contribution in [0, 0.1) is 6.92 Å². The van der Waals surface area contributed by atoms with E-state index in [9.17, 15) is 0 Å². The quantitative estimate of drug-likeness (QED) is 0.822. The highest BCUT2D eigenvalue weighted by molar-refractivity contribution is 5.54. The smallest absolute Gasteiger partial charge is 0.261 e. The number of aryl methyl sites for hydroxylation is 2. The van der Waals surface area contributed by atoms with E-state index in [0.717, 1.165) is 24.2 Å². The fourth-order valence-corrected chi connectivity index (χ4v) is 1.33. The Morgan fingerprint density at radius 3 is 3.00 bits per heavy atom. The van der Waals surface area contributed by atoms with Crippen molar-refractivity contribution in [2.24, 2.45) is 5.73 Å². The highest BCUT2D eigenvalue weighted by Gasteiger charge is 2.12. The average molecular weight is 207 g/mol. The summed E-state index contributed by atoms with van der Waals surface area (Å²) in [6.45, 7) is 2.49. The summed E-state index contributed by atoms with van der Waals surface area (Å²) in [5.41, 5.74) is 6.25. The first-order valence-electron chi connectivity index (χ1n) is 4.88. The zero-order valence-electron chi connectivity index (χ0n) is 8.56. The van der Waals surface area contributed by atoms with E-state index in [1.807, 2.05) is 13.0 Å². The van der Waals surface area contributed by atoms with Crippen LogP contribution in [0.3, 0.4) is 0 Å². The average Bonchev–Trinajstić information content (AvgIpc) is 2.83. The molecule has 5 heteroatoms. The third kappa shape index (κ3) is 2.07. The van der Waals surface area contributed by atoms with Gasteiger partial charge in [0.05, 0.1) is 11.8 Å². The van der Waals surface area contributed by atoms with Gasteiger partial charge in [-0.3, -0.25) is 0 Å². The fraction of sp³-hybridized carbons (Fsp3) is 0.400. The van der Waals surface area contributed by atoms with E-state index >= 15 is 0 Å². The Kier molecular flexibility index (Phi) is 2.82. The molecule has 80 valence electrons. The molecule has 2 aromatic rings. The molecule has 0 spiro atoms. The van der Waals surface area contributed by atoms with Crippen molar-refractivity contribution in [2.75, 3.05) is 6.54 Å². The molecule has 0 aliphatic heterocycles. The minimum absolute atomic E-state index is 0.508. The van der Waals surface area contributed by atoms with Crippen LogP contribution in [0.4, 0.5) is 0 Å². The molecule has 0 atom stereocenters. The van der Waals surface area contributed by atoms with Gasteiger partial charge in [0.15, 0.2) is 5.82 Å². The lowest BCUT2D eigenvalue weighted by Gasteiger charge is -1.89. The predicted molar refractivity (Wildman–Crippen MR) is 54.1 cm³/mol. The Labute approximate surface area is 87.3 Å². The lowest BCUT2D eigenvalue weighted by Crippen LogP contribution is -2.01. The first-order chi connectivity index (χ1) is 7.31. The first kappa shape index (κ1) is 9.92. The number of aromatic nitrogens is 2. The summed E-state index contributed by atoms with van der Waals surface area (Å²) < 4.78 is 10.3. The van der Waals surface area contributed by atoms with Crippen molar-refractivity contribution in [2.45, 2.75) is 19.8 Å². The number of hydrogen-bond donors (Lipinski definition) is 1. The van der Waals surface area contributed by atoms with Crippen LogP contribution < -0.4 is 5.73 Å². The zero-order valence-corrected chi connectivity index (χ0v) is 8.56. The van der Waals surface area contributed by atoms with Crippen LogP contribution >= 0.6 is 0 Å². The van der Waals surface area contributed by atoms with E-state index < -0.39 is 0 Å². The van der Waals surface area contributed by atoms with E-state index in [1.165, 1.54) is 0 Å². The van der Waals surface area contributed by atoms with Gasteiger partial charge in [-0.15, -0.1) is 0 Å². The van der Waals surface area contributed by atoms with Crippen molar-refractivity contribution in [1.82, 2.24) is 10.1 Å². The minimum Gasteiger partial charge on any atom is -0.469 e. The Bertz CT molecular complexity index is 433. The van der Waals surface area contributed by atoms with Crippen molar-refractivity contribution >= 4 is 0 Å². The molecule has 0 unspecified atom stereocenters. The van der Waals surface area contributed by atoms with Crippen LogP contribution in [-0.4, -0.2) is 16.7 Å². The number of nitrogens with two attached hydrogens (primary N) is 1. The van der Waals surface area contributed by atoms with Crippen LogP contribution in [0.15, 0.2) is 21.3 Å². The van der Waals surface area contributed by atoms with Gasteiger partial charge in [0, 0.05) is 6.42 Å². The van der Waals surface area contributed by atoms with Gasteiger partial charge in [0.1, 0.15) is 5.76 Å². The summed E-state index contributed by atoms with van der Waals surface area (Å²) in [6.07, 6.45) is 3.22. The molecule has 5 nitrogen and oxygen atoms in total. The van der Waals surface area contributed by atoms with Crippen molar-refractivity contribution < 1.29 is 8.94 Å². The van der Waals surface area contributed by atoms with E-state index in [2.05, 4.69) is 10.1 Å². The topological polar surface area (TPSA) is 78.1 Å². The lowest BCUT2D eigenvalue weighted by molar-refractivity contribution is 0.420. The van der Waals surface area contributed by atoms with Gasteiger partial charge in [-0.25, -0.2) is 0 Å². The summed E-state index contributed by atoms with van der Waals surface area (Å²) in [4.78, 5) is 4.26. The maximum absolute atomic E-state index is 5.40. The Hall–Kier alpha value is -1.62. The molecule has 2 aromatic heterocycles. The molecular weight excluding hydrogens is 194 g/mol. The van der Waals surface area contributed by atoms with Gasteiger partial charge >= 0.3 is 0 Å². The Balaban J connectivity index is 2.17. The van der Waals surface area contributed by atoms with Gasteiger partial charge in [0.25, 0.3) is 5.89 Å². The molecule has 2 heterocycles. The molecular formula is C10H13N3O2. The standard InChI is InChI=1S/C10H13N3O2/c1-7-8(4-6-14-7)10-12-9(13-15-10)3-2-5-11/h4,6H,2-3,5,11H2,1H3. The molecule has 0 saturated carbocycles. The second kappa shape index (κ2) is 4.27. The molecule has 0 saturated heterocycles. The SMILES string of the molecule is Cc1occc1-c1nc(CCCN)no1. The molecule has 15 heavy (non-hydrogen) atoms. The monoisotopic (exact) mass is 207 g/mol. The largest absolute Gasteiger partial charge is 0.469 e. The molecule has 0 aliphatic rings. The van der Waals surface area contributed by atoms with E-state index in [-0.39, 0.29) is 0 Å². The third-order valence-electron chi connectivity index (χ3n) is 2.16. The zero-order chi connectivity index (χ0) is 10.7. The van der Waals surface area contributed by atoms with Crippen molar-refractivity contribution in [3.05, 3.63) is 23.9 Å². The van der Waals surface area contributed by atoms with Gasteiger partial charge in [-0.2, -0.15) is 4.98 Å². The van der Waals surface area contributed by atoms with E-state index in [4.69, 9.17) is 14.7 Å². The second-order valence-corrected chi connectivity index (χ2v) is 3.30. The summed E-state index contributed by atoms with van der Waals surface area (Å²) >= 11 is 0. The van der Waals surface area contributed by atoms with Crippen LogP contribution in [0.25, 0.3) is 11.5 Å². The highest BCUT2D eigenvalue weighted by atomic mass is 16.5. The molecule has 0 fully saturated rings. The van der Waals surface area contributed by atoms with Gasteiger partial charge in [0.2, 0.25) is 0 Å². The number of furan rings is 1. The summed E-state index contributed by atoms with van der Waals surface area (Å²) in [6, 6.07) is 1.82. The van der Waals surface area contributed by atoms with Crippen LogP contribution in [-0.2, 0) is 6.42 Å². The number of rotatable bonds is 4. The summed E-state index contributed by atoms with van der Waals surface area (Å²) in [5, 5.41) is 3.87. The summed E-state index contributed by atoms with van der Waals surface area (Å²) in [5.74, 6) is 1.98. The lowest BCUT2D eigenvalue weighted by atomic mass is 10.2. The van der Waals surface area contributed by atoms with Gasteiger partial charge in [-0.05, 0) is 26.0 Å². The Morgan fingerprint density at radius 2 is 2.33 bits per heavy atom. The maximum atomic E-state index is 5.40. The minimum atomic E-state index is 0.508.